The van der Waals surface area contributed by atoms with Crippen LogP contribution in [0.15, 0.2) is 77.7 Å². The van der Waals surface area contributed by atoms with E-state index in [-0.39, 0.29) is 17.1 Å². The van der Waals surface area contributed by atoms with Crippen molar-refractivity contribution in [2.45, 2.75) is 43.3 Å². The van der Waals surface area contributed by atoms with Gasteiger partial charge in [-0.2, -0.15) is 0 Å². The molecule has 3 aromatic carbocycles. The normalized spacial score (nSPS) is 11.4. The van der Waals surface area contributed by atoms with Crippen LogP contribution in [0.4, 0.5) is 11.4 Å². The SMILES string of the molecule is CCCCOc1ccc(NC(=O)C(CC)Sc2cccc(NC(=O)c3ccc(OC)cc3)c2)cc1. The number of methoxy groups -OCH3 is 1. The number of anilines is 2. The lowest BCUT2D eigenvalue weighted by Crippen LogP contribution is -2.24. The van der Waals surface area contributed by atoms with Crippen LogP contribution >= 0.6 is 11.8 Å². The van der Waals surface area contributed by atoms with Crippen molar-refractivity contribution in [1.29, 1.82) is 0 Å². The highest BCUT2D eigenvalue weighted by Gasteiger charge is 2.18. The third-order valence-electron chi connectivity index (χ3n) is 5.27. The number of nitrogens with one attached hydrogen (secondary N) is 2. The Balaban J connectivity index is 1.58. The van der Waals surface area contributed by atoms with E-state index in [0.29, 0.717) is 30.0 Å². The van der Waals surface area contributed by atoms with Crippen LogP contribution in [0, 0.1) is 0 Å². The molecule has 2 amide bonds. The van der Waals surface area contributed by atoms with E-state index in [1.165, 1.54) is 11.8 Å². The highest BCUT2D eigenvalue weighted by atomic mass is 32.2. The molecule has 6 nitrogen and oxygen atoms in total. The number of carbonyl (C=O) groups is 2. The average Bonchev–Trinajstić information content (AvgIpc) is 2.88. The van der Waals surface area contributed by atoms with Gasteiger partial charge in [0.15, 0.2) is 0 Å². The first kappa shape index (κ1) is 26.2. The molecule has 0 spiro atoms. The molecule has 184 valence electrons. The predicted molar refractivity (Wildman–Crippen MR) is 143 cm³/mol. The highest BCUT2D eigenvalue weighted by molar-refractivity contribution is 8.00. The molecule has 35 heavy (non-hydrogen) atoms. The number of benzene rings is 3. The Morgan fingerprint density at radius 3 is 2.26 bits per heavy atom. The lowest BCUT2D eigenvalue weighted by molar-refractivity contribution is -0.115. The molecule has 0 radical (unpaired) electrons. The summed E-state index contributed by atoms with van der Waals surface area (Å²) in [7, 11) is 1.59. The van der Waals surface area contributed by atoms with Crippen LogP contribution in [0.3, 0.4) is 0 Å². The first-order valence-electron chi connectivity index (χ1n) is 11.8. The maximum atomic E-state index is 12.9. The minimum absolute atomic E-state index is 0.0650. The Hall–Kier alpha value is -3.45. The summed E-state index contributed by atoms with van der Waals surface area (Å²) in [6.07, 6.45) is 2.76. The zero-order valence-corrected chi connectivity index (χ0v) is 21.2. The van der Waals surface area contributed by atoms with Gasteiger partial charge >= 0.3 is 0 Å². The molecule has 3 aromatic rings. The van der Waals surface area contributed by atoms with Crippen molar-refractivity contribution >= 4 is 35.0 Å². The van der Waals surface area contributed by atoms with E-state index in [4.69, 9.17) is 9.47 Å². The van der Waals surface area contributed by atoms with Crippen LogP contribution in [0.1, 0.15) is 43.5 Å². The zero-order valence-electron chi connectivity index (χ0n) is 20.4. The number of unbranched alkanes of at least 4 members (excludes halogenated alkanes) is 1. The minimum atomic E-state index is -0.275. The van der Waals surface area contributed by atoms with Crippen molar-refractivity contribution in [2.75, 3.05) is 24.4 Å². The van der Waals surface area contributed by atoms with Gasteiger partial charge in [0.2, 0.25) is 5.91 Å². The van der Waals surface area contributed by atoms with Gasteiger partial charge in [-0.3, -0.25) is 9.59 Å². The molecular weight excluding hydrogens is 460 g/mol. The number of rotatable bonds is 12. The predicted octanol–water partition coefficient (Wildman–Crippen LogP) is 6.64. The molecule has 0 aromatic heterocycles. The summed E-state index contributed by atoms with van der Waals surface area (Å²) in [5.74, 6) is 1.22. The number of hydrogen-bond donors (Lipinski definition) is 2. The summed E-state index contributed by atoms with van der Waals surface area (Å²) in [4.78, 5) is 26.4. The van der Waals surface area contributed by atoms with Crippen LogP contribution in [0.25, 0.3) is 0 Å². The van der Waals surface area contributed by atoms with E-state index in [9.17, 15) is 9.59 Å². The summed E-state index contributed by atoms with van der Waals surface area (Å²) in [6, 6.07) is 21.9. The van der Waals surface area contributed by atoms with E-state index in [1.807, 2.05) is 55.5 Å². The fraction of sp³-hybridized carbons (Fsp3) is 0.286. The molecule has 1 unspecified atom stereocenters. The fourth-order valence-electron chi connectivity index (χ4n) is 3.27. The summed E-state index contributed by atoms with van der Waals surface area (Å²) < 4.78 is 10.8. The molecular formula is C28H32N2O4S. The molecule has 0 aliphatic heterocycles. The maximum absolute atomic E-state index is 12.9. The smallest absolute Gasteiger partial charge is 0.255 e. The summed E-state index contributed by atoms with van der Waals surface area (Å²) in [5.41, 5.74) is 1.94. The third-order valence-corrected chi connectivity index (χ3v) is 6.63. The molecule has 0 heterocycles. The van der Waals surface area contributed by atoms with Gasteiger partial charge < -0.3 is 20.1 Å². The van der Waals surface area contributed by atoms with E-state index in [2.05, 4.69) is 17.6 Å². The van der Waals surface area contributed by atoms with Crippen LogP contribution < -0.4 is 20.1 Å². The Morgan fingerprint density at radius 2 is 1.60 bits per heavy atom. The third kappa shape index (κ3) is 8.07. The number of thioether (sulfide) groups is 1. The van der Waals surface area contributed by atoms with Crippen molar-refractivity contribution in [3.63, 3.8) is 0 Å². The fourth-order valence-corrected chi connectivity index (χ4v) is 4.28. The number of ether oxygens (including phenoxy) is 2. The summed E-state index contributed by atoms with van der Waals surface area (Å²) in [6.45, 7) is 4.80. The van der Waals surface area contributed by atoms with Gasteiger partial charge in [0.1, 0.15) is 11.5 Å². The summed E-state index contributed by atoms with van der Waals surface area (Å²) in [5, 5.41) is 5.63. The van der Waals surface area contributed by atoms with E-state index in [0.717, 1.165) is 29.2 Å². The van der Waals surface area contributed by atoms with Crippen LogP contribution in [-0.4, -0.2) is 30.8 Å². The van der Waals surface area contributed by atoms with E-state index < -0.39 is 0 Å². The topological polar surface area (TPSA) is 76.7 Å². The largest absolute Gasteiger partial charge is 0.497 e. The Morgan fingerprint density at radius 1 is 0.886 bits per heavy atom. The molecule has 1 atom stereocenters. The summed E-state index contributed by atoms with van der Waals surface area (Å²) >= 11 is 1.47. The molecule has 0 aliphatic carbocycles. The number of carbonyl (C=O) groups excluding carboxylic acids is 2. The average molecular weight is 493 g/mol. The maximum Gasteiger partial charge on any atom is 0.255 e. The van der Waals surface area contributed by atoms with Crippen molar-refractivity contribution in [3.05, 3.63) is 78.4 Å². The first-order valence-corrected chi connectivity index (χ1v) is 12.7. The lowest BCUT2D eigenvalue weighted by atomic mass is 10.2. The molecule has 0 bridgehead atoms. The minimum Gasteiger partial charge on any atom is -0.497 e. The van der Waals surface area contributed by atoms with E-state index in [1.54, 1.807) is 31.4 Å². The van der Waals surface area contributed by atoms with Crippen molar-refractivity contribution in [3.8, 4) is 11.5 Å². The second-order valence-electron chi connectivity index (χ2n) is 7.94. The number of hydrogen-bond acceptors (Lipinski definition) is 5. The Bertz CT molecular complexity index is 1100. The quantitative estimate of drug-likeness (QED) is 0.219. The van der Waals surface area contributed by atoms with Gasteiger partial charge in [0.25, 0.3) is 5.91 Å². The molecule has 3 rings (SSSR count). The Kier molecular flexibility index (Phi) is 10.0. The second kappa shape index (κ2) is 13.4. The molecule has 0 fully saturated rings. The van der Waals surface area contributed by atoms with Gasteiger partial charge in [0, 0.05) is 21.8 Å². The Labute approximate surface area is 211 Å². The van der Waals surface area contributed by atoms with Crippen LogP contribution in [0.5, 0.6) is 11.5 Å². The lowest BCUT2D eigenvalue weighted by Gasteiger charge is -2.16. The monoisotopic (exact) mass is 492 g/mol. The first-order chi connectivity index (χ1) is 17.0. The molecule has 0 saturated carbocycles. The highest BCUT2D eigenvalue weighted by Crippen LogP contribution is 2.29. The van der Waals surface area contributed by atoms with Gasteiger partial charge in [-0.15, -0.1) is 11.8 Å². The molecule has 0 saturated heterocycles. The standard InChI is InChI=1S/C28H32N2O4S/c1-4-6-18-34-24-16-12-21(13-17-24)29-28(32)26(5-2)35-25-9-7-8-22(19-25)30-27(31)20-10-14-23(33-3)15-11-20/h7-17,19,26H,4-6,18H2,1-3H3,(H,29,32)(H,30,31). The van der Waals surface area contributed by atoms with Crippen molar-refractivity contribution in [2.24, 2.45) is 0 Å². The van der Waals surface area contributed by atoms with Gasteiger partial charge in [0.05, 0.1) is 19.0 Å². The van der Waals surface area contributed by atoms with Gasteiger partial charge in [-0.1, -0.05) is 26.3 Å². The molecule has 0 aliphatic rings. The van der Waals surface area contributed by atoms with Gasteiger partial charge in [-0.05, 0) is 79.6 Å². The van der Waals surface area contributed by atoms with Crippen LogP contribution in [0.2, 0.25) is 0 Å². The van der Waals surface area contributed by atoms with Crippen molar-refractivity contribution < 1.29 is 19.1 Å². The van der Waals surface area contributed by atoms with Crippen molar-refractivity contribution in [1.82, 2.24) is 0 Å². The second-order valence-corrected chi connectivity index (χ2v) is 9.22. The molecule has 7 heteroatoms. The number of amides is 2. The molecule has 2 N–H and O–H groups in total. The van der Waals surface area contributed by atoms with E-state index >= 15 is 0 Å². The van der Waals surface area contributed by atoms with Gasteiger partial charge in [-0.25, -0.2) is 0 Å². The zero-order chi connectivity index (χ0) is 25.0. The van der Waals surface area contributed by atoms with Crippen LogP contribution in [-0.2, 0) is 4.79 Å².